The van der Waals surface area contributed by atoms with Crippen molar-refractivity contribution in [3.05, 3.63) is 40.4 Å². The second kappa shape index (κ2) is 10.3. The van der Waals surface area contributed by atoms with Crippen molar-refractivity contribution in [2.24, 2.45) is 11.8 Å². The molecular weight excluding hydrogens is 506 g/mol. The molecule has 1 fully saturated rings. The lowest BCUT2D eigenvalue weighted by Crippen LogP contribution is -2.35. The molecule has 2 aliphatic rings. The van der Waals surface area contributed by atoms with Crippen LogP contribution in [0.25, 0.3) is 0 Å². The highest BCUT2D eigenvalue weighted by molar-refractivity contribution is 7.91. The van der Waals surface area contributed by atoms with Crippen LogP contribution in [-0.2, 0) is 37.4 Å². The number of thiazole rings is 1. The number of benzene rings is 1. The second-order valence-electron chi connectivity index (χ2n) is 9.81. The van der Waals surface area contributed by atoms with Crippen LogP contribution in [0.1, 0.15) is 55.8 Å². The summed E-state index contributed by atoms with van der Waals surface area (Å²) in [6.07, 6.45) is 1.58. The zero-order chi connectivity index (χ0) is 25.4. The minimum absolute atomic E-state index is 0.0406. The van der Waals surface area contributed by atoms with Crippen LogP contribution in [0.5, 0.6) is 0 Å². The predicted octanol–water partition coefficient (Wildman–Crippen LogP) is 3.46. The maximum absolute atomic E-state index is 12.6. The van der Waals surface area contributed by atoms with E-state index in [1.54, 1.807) is 31.2 Å². The molecule has 0 radical (unpaired) electrons. The molecule has 0 saturated carbocycles. The Kier molecular flexibility index (Phi) is 7.71. The molecule has 8 nitrogen and oxygen atoms in total. The van der Waals surface area contributed by atoms with Crippen LogP contribution in [0.3, 0.4) is 0 Å². The van der Waals surface area contributed by atoms with E-state index in [2.05, 4.69) is 24.1 Å². The lowest BCUT2D eigenvalue weighted by atomic mass is 9.98. The fraction of sp³-hybridized carbons (Fsp3) is 0.583. The van der Waals surface area contributed by atoms with Gasteiger partial charge in [-0.3, -0.25) is 9.69 Å². The first-order valence-electron chi connectivity index (χ1n) is 12.0. The first-order chi connectivity index (χ1) is 16.5. The summed E-state index contributed by atoms with van der Waals surface area (Å²) in [4.78, 5) is 21.2. The monoisotopic (exact) mass is 539 g/mol. The van der Waals surface area contributed by atoms with E-state index >= 15 is 0 Å². The first-order valence-corrected chi connectivity index (χ1v) is 16.3. The lowest BCUT2D eigenvalue weighted by Gasteiger charge is -2.32. The lowest BCUT2D eigenvalue weighted by molar-refractivity contribution is -0.115. The zero-order valence-corrected chi connectivity index (χ0v) is 22.8. The predicted molar refractivity (Wildman–Crippen MR) is 138 cm³/mol. The summed E-state index contributed by atoms with van der Waals surface area (Å²) in [6.45, 7) is 7.57. The number of carbonyl (C=O) groups is 1. The summed E-state index contributed by atoms with van der Waals surface area (Å²) in [7, 11) is -6.13. The molecular formula is C24H33N3O5S3. The van der Waals surface area contributed by atoms with Crippen molar-refractivity contribution in [2.45, 2.75) is 57.5 Å². The number of rotatable bonds is 8. The number of aromatic nitrogens is 1. The Morgan fingerprint density at radius 3 is 2.46 bits per heavy atom. The summed E-state index contributed by atoms with van der Waals surface area (Å²) in [5.41, 5.74) is 1.75. The third-order valence-corrected chi connectivity index (χ3v) is 11.3. The number of anilines is 1. The number of nitrogens with zero attached hydrogens (tertiary/aromatic N) is 2. The van der Waals surface area contributed by atoms with Crippen LogP contribution in [-0.4, -0.2) is 56.4 Å². The molecule has 1 saturated heterocycles. The van der Waals surface area contributed by atoms with Crippen LogP contribution in [0, 0.1) is 11.8 Å². The summed E-state index contributed by atoms with van der Waals surface area (Å²) in [5.74, 6) is 1.14. The second-order valence-corrected chi connectivity index (χ2v) is 15.5. The van der Waals surface area contributed by atoms with E-state index in [4.69, 9.17) is 4.98 Å². The van der Waals surface area contributed by atoms with Crippen molar-refractivity contribution in [3.8, 4) is 0 Å². The van der Waals surface area contributed by atoms with Gasteiger partial charge in [0, 0.05) is 18.0 Å². The van der Waals surface area contributed by atoms with E-state index < -0.39 is 19.7 Å². The quantitative estimate of drug-likeness (QED) is 0.547. The highest BCUT2D eigenvalue weighted by atomic mass is 32.2. The number of hydrogen-bond acceptors (Lipinski definition) is 8. The van der Waals surface area contributed by atoms with Crippen molar-refractivity contribution in [2.75, 3.05) is 29.1 Å². The first kappa shape index (κ1) is 26.2. The number of hydrogen-bond donors (Lipinski definition) is 1. The maximum Gasteiger partial charge on any atom is 0.230 e. The molecule has 1 amide bonds. The molecule has 0 bridgehead atoms. The fourth-order valence-electron chi connectivity index (χ4n) is 4.92. The van der Waals surface area contributed by atoms with E-state index in [0.717, 1.165) is 42.1 Å². The number of amides is 1. The largest absolute Gasteiger partial charge is 0.302 e. The average molecular weight is 540 g/mol. The van der Waals surface area contributed by atoms with E-state index in [1.807, 2.05) is 0 Å². The number of fused-ring (bicyclic) bond motifs is 1. The summed E-state index contributed by atoms with van der Waals surface area (Å²) < 4.78 is 47.5. The molecule has 4 rings (SSSR count). The van der Waals surface area contributed by atoms with E-state index in [-0.39, 0.29) is 40.5 Å². The van der Waals surface area contributed by atoms with Gasteiger partial charge in [-0.05, 0) is 42.4 Å². The van der Waals surface area contributed by atoms with Gasteiger partial charge in [0.2, 0.25) is 5.91 Å². The third kappa shape index (κ3) is 6.12. The molecule has 11 heteroatoms. The molecule has 35 heavy (non-hydrogen) atoms. The smallest absolute Gasteiger partial charge is 0.230 e. The molecule has 1 N–H and O–H groups in total. The molecule has 3 heterocycles. The van der Waals surface area contributed by atoms with Crippen LogP contribution < -0.4 is 5.32 Å². The molecule has 0 unspecified atom stereocenters. The highest BCUT2D eigenvalue weighted by Gasteiger charge is 2.38. The number of sulfone groups is 2. The van der Waals surface area contributed by atoms with Gasteiger partial charge >= 0.3 is 0 Å². The van der Waals surface area contributed by atoms with Gasteiger partial charge in [0.1, 0.15) is 9.84 Å². The van der Waals surface area contributed by atoms with Gasteiger partial charge in [0.15, 0.2) is 15.0 Å². The van der Waals surface area contributed by atoms with Crippen molar-refractivity contribution < 1.29 is 21.6 Å². The van der Waals surface area contributed by atoms with Gasteiger partial charge in [0.05, 0.1) is 40.3 Å². The molecule has 1 aromatic carbocycles. The SMILES string of the molecule is CCS(=O)(=O)c1ccc(CC(=O)Nc2nc3c(s2)CN(CC2CCS(=O)(=O)CC2)[C@H]3C(C)C)cc1. The molecule has 2 aliphatic heterocycles. The van der Waals surface area contributed by atoms with Crippen LogP contribution in [0.15, 0.2) is 29.2 Å². The van der Waals surface area contributed by atoms with E-state index in [1.165, 1.54) is 11.3 Å². The third-order valence-electron chi connectivity index (χ3n) is 6.82. The van der Waals surface area contributed by atoms with Crippen molar-refractivity contribution in [1.82, 2.24) is 9.88 Å². The molecule has 1 atom stereocenters. The van der Waals surface area contributed by atoms with E-state index in [9.17, 15) is 21.6 Å². The highest BCUT2D eigenvalue weighted by Crippen LogP contribution is 2.43. The van der Waals surface area contributed by atoms with Gasteiger partial charge in [-0.25, -0.2) is 21.8 Å². The Balaban J connectivity index is 1.38. The molecule has 1 aromatic heterocycles. The molecule has 192 valence electrons. The van der Waals surface area contributed by atoms with Gasteiger partial charge in [0.25, 0.3) is 0 Å². The minimum Gasteiger partial charge on any atom is -0.302 e. The van der Waals surface area contributed by atoms with Crippen LogP contribution in [0.2, 0.25) is 0 Å². The average Bonchev–Trinajstić information content (AvgIpc) is 3.31. The van der Waals surface area contributed by atoms with Gasteiger partial charge in [-0.1, -0.05) is 32.9 Å². The summed E-state index contributed by atoms with van der Waals surface area (Å²) in [6, 6.07) is 6.59. The van der Waals surface area contributed by atoms with Gasteiger partial charge in [-0.15, -0.1) is 11.3 Å². The Labute approximate surface area is 212 Å². The molecule has 0 aliphatic carbocycles. The fourth-order valence-corrected chi connectivity index (χ4v) is 8.43. The zero-order valence-electron chi connectivity index (χ0n) is 20.4. The molecule has 2 aromatic rings. The number of nitrogens with one attached hydrogen (secondary N) is 1. The van der Waals surface area contributed by atoms with Crippen LogP contribution >= 0.6 is 11.3 Å². The van der Waals surface area contributed by atoms with E-state index in [0.29, 0.717) is 17.0 Å². The maximum atomic E-state index is 12.6. The minimum atomic E-state index is -3.26. The van der Waals surface area contributed by atoms with Crippen molar-refractivity contribution >= 4 is 42.1 Å². The Morgan fingerprint density at radius 1 is 1.20 bits per heavy atom. The topological polar surface area (TPSA) is 114 Å². The molecule has 0 spiro atoms. The van der Waals surface area contributed by atoms with Crippen molar-refractivity contribution in [1.29, 1.82) is 0 Å². The van der Waals surface area contributed by atoms with Gasteiger partial charge < -0.3 is 5.32 Å². The Morgan fingerprint density at radius 2 is 1.86 bits per heavy atom. The number of carbonyl (C=O) groups excluding carboxylic acids is 1. The standard InChI is InChI=1S/C24H33N3O5S3/c1-4-35(31,32)19-7-5-17(6-8-19)13-21(28)25-24-26-22-20(33-24)15-27(23(22)16(2)3)14-18-9-11-34(29,30)12-10-18/h5-8,16,18,23H,4,9-15H2,1-3H3,(H,25,26,28)/t23-/m0/s1. The van der Waals surface area contributed by atoms with Crippen molar-refractivity contribution in [3.63, 3.8) is 0 Å². The Bertz CT molecular complexity index is 1270. The summed E-state index contributed by atoms with van der Waals surface area (Å²) in [5, 5.41) is 3.49. The Hall–Kier alpha value is -1.82. The van der Waals surface area contributed by atoms with Gasteiger partial charge in [-0.2, -0.15) is 0 Å². The summed E-state index contributed by atoms with van der Waals surface area (Å²) >= 11 is 1.50. The van der Waals surface area contributed by atoms with Crippen LogP contribution in [0.4, 0.5) is 5.13 Å². The normalized spacial score (nSPS) is 20.7.